The number of esters is 1. The quantitative estimate of drug-likeness (QED) is 0.689. The molecule has 14 heavy (non-hydrogen) atoms. The highest BCUT2D eigenvalue weighted by molar-refractivity contribution is 5.89. The maximum Gasteiger partial charge on any atom is 0.338 e. The topological polar surface area (TPSA) is 39.2 Å². The summed E-state index contributed by atoms with van der Waals surface area (Å²) in [6, 6.07) is 3.30. The summed E-state index contributed by atoms with van der Waals surface area (Å²) in [5, 5.41) is 0. The number of carbonyl (C=O) groups excluding carboxylic acids is 1. The third-order valence-electron chi connectivity index (χ3n) is 2.11. The second-order valence-corrected chi connectivity index (χ2v) is 3.35. The molecule has 1 aromatic rings. The first kappa shape index (κ1) is 10.7. The standard InChI is InChI=1S/C11H15NO2/c1-3-9(2)8-14-11(13)10-4-6-12-7-5-10/h4-7,9H,3,8H2,1-2H3. The second-order valence-electron chi connectivity index (χ2n) is 3.35. The largest absolute Gasteiger partial charge is 0.462 e. The molecule has 1 atom stereocenters. The van der Waals surface area contributed by atoms with Crippen LogP contribution in [0.25, 0.3) is 0 Å². The summed E-state index contributed by atoms with van der Waals surface area (Å²) in [7, 11) is 0. The van der Waals surface area contributed by atoms with Crippen molar-refractivity contribution in [3.63, 3.8) is 0 Å². The van der Waals surface area contributed by atoms with Gasteiger partial charge in [0.15, 0.2) is 0 Å². The molecule has 0 aliphatic carbocycles. The van der Waals surface area contributed by atoms with Gasteiger partial charge in [0.2, 0.25) is 0 Å². The molecule has 1 unspecified atom stereocenters. The van der Waals surface area contributed by atoms with E-state index in [1.165, 1.54) is 0 Å². The summed E-state index contributed by atoms with van der Waals surface area (Å²) >= 11 is 0. The van der Waals surface area contributed by atoms with Crippen molar-refractivity contribution in [3.05, 3.63) is 30.1 Å². The van der Waals surface area contributed by atoms with Crippen LogP contribution in [0.15, 0.2) is 24.5 Å². The lowest BCUT2D eigenvalue weighted by Crippen LogP contribution is -2.11. The lowest BCUT2D eigenvalue weighted by molar-refractivity contribution is 0.0447. The SMILES string of the molecule is CCC(C)COC(=O)c1ccncc1. The van der Waals surface area contributed by atoms with Crippen molar-refractivity contribution in [3.8, 4) is 0 Å². The molecule has 0 bridgehead atoms. The molecule has 0 aliphatic heterocycles. The highest BCUT2D eigenvalue weighted by atomic mass is 16.5. The smallest absolute Gasteiger partial charge is 0.338 e. The van der Waals surface area contributed by atoms with Gasteiger partial charge in [-0.25, -0.2) is 4.79 Å². The summed E-state index contributed by atoms with van der Waals surface area (Å²) in [6.45, 7) is 4.61. The first-order chi connectivity index (χ1) is 6.74. The van der Waals surface area contributed by atoms with E-state index in [1.807, 2.05) is 0 Å². The molecule has 0 N–H and O–H groups in total. The third kappa shape index (κ3) is 3.17. The predicted octanol–water partition coefficient (Wildman–Crippen LogP) is 2.28. The molecule has 1 aromatic heterocycles. The Labute approximate surface area is 84.1 Å². The van der Waals surface area contributed by atoms with E-state index in [2.05, 4.69) is 18.8 Å². The van der Waals surface area contributed by atoms with Gasteiger partial charge in [-0.05, 0) is 18.1 Å². The number of carbonyl (C=O) groups is 1. The summed E-state index contributed by atoms with van der Waals surface area (Å²) in [5.74, 6) is 0.147. The lowest BCUT2D eigenvalue weighted by atomic mass is 10.1. The molecule has 0 aromatic carbocycles. The molecule has 0 aliphatic rings. The monoisotopic (exact) mass is 193 g/mol. The van der Waals surface area contributed by atoms with Gasteiger partial charge in [0.25, 0.3) is 0 Å². The van der Waals surface area contributed by atoms with Crippen molar-refractivity contribution in [1.82, 2.24) is 4.98 Å². The van der Waals surface area contributed by atoms with Crippen molar-refractivity contribution in [2.75, 3.05) is 6.61 Å². The van der Waals surface area contributed by atoms with Crippen molar-refractivity contribution in [1.29, 1.82) is 0 Å². The van der Waals surface area contributed by atoms with Crippen LogP contribution in [0.2, 0.25) is 0 Å². The van der Waals surface area contributed by atoms with Crippen LogP contribution in [-0.4, -0.2) is 17.6 Å². The van der Waals surface area contributed by atoms with E-state index in [0.717, 1.165) is 6.42 Å². The number of aromatic nitrogens is 1. The third-order valence-corrected chi connectivity index (χ3v) is 2.11. The fourth-order valence-corrected chi connectivity index (χ4v) is 0.907. The Morgan fingerprint density at radius 3 is 2.71 bits per heavy atom. The van der Waals surface area contributed by atoms with Gasteiger partial charge in [-0.3, -0.25) is 4.98 Å². The van der Waals surface area contributed by atoms with Crippen molar-refractivity contribution < 1.29 is 9.53 Å². The molecule has 3 heteroatoms. The minimum absolute atomic E-state index is 0.271. The van der Waals surface area contributed by atoms with Crippen LogP contribution in [0.1, 0.15) is 30.6 Å². The summed E-state index contributed by atoms with van der Waals surface area (Å²) < 4.78 is 5.11. The zero-order valence-electron chi connectivity index (χ0n) is 8.56. The molecule has 1 rings (SSSR count). The Morgan fingerprint density at radius 1 is 1.50 bits per heavy atom. The number of pyridine rings is 1. The van der Waals surface area contributed by atoms with Crippen molar-refractivity contribution in [2.24, 2.45) is 5.92 Å². The number of hydrogen-bond donors (Lipinski definition) is 0. The van der Waals surface area contributed by atoms with Crippen LogP contribution in [0, 0.1) is 5.92 Å². The van der Waals surface area contributed by atoms with Gasteiger partial charge >= 0.3 is 5.97 Å². The van der Waals surface area contributed by atoms with E-state index < -0.39 is 0 Å². The number of hydrogen-bond acceptors (Lipinski definition) is 3. The van der Waals surface area contributed by atoms with Crippen LogP contribution < -0.4 is 0 Å². The Morgan fingerprint density at radius 2 is 2.14 bits per heavy atom. The number of ether oxygens (including phenoxy) is 1. The molecular formula is C11H15NO2. The van der Waals surface area contributed by atoms with Crippen molar-refractivity contribution in [2.45, 2.75) is 20.3 Å². The molecule has 0 amide bonds. The first-order valence-corrected chi connectivity index (χ1v) is 4.81. The van der Waals surface area contributed by atoms with Crippen LogP contribution >= 0.6 is 0 Å². The molecule has 0 saturated heterocycles. The lowest BCUT2D eigenvalue weighted by Gasteiger charge is -2.08. The average Bonchev–Trinajstić information content (AvgIpc) is 2.26. The molecular weight excluding hydrogens is 178 g/mol. The molecule has 0 spiro atoms. The highest BCUT2D eigenvalue weighted by Crippen LogP contribution is 2.04. The Hall–Kier alpha value is -1.38. The molecule has 0 fully saturated rings. The highest BCUT2D eigenvalue weighted by Gasteiger charge is 2.07. The molecule has 1 heterocycles. The molecule has 76 valence electrons. The van der Waals surface area contributed by atoms with E-state index in [-0.39, 0.29) is 5.97 Å². The first-order valence-electron chi connectivity index (χ1n) is 4.81. The minimum Gasteiger partial charge on any atom is -0.462 e. The van der Waals surface area contributed by atoms with Crippen LogP contribution in [0.3, 0.4) is 0 Å². The second kappa shape index (κ2) is 5.37. The minimum atomic E-state index is -0.271. The predicted molar refractivity (Wildman–Crippen MR) is 54.0 cm³/mol. The normalized spacial score (nSPS) is 12.1. The van der Waals surface area contributed by atoms with Gasteiger partial charge < -0.3 is 4.74 Å². The van der Waals surface area contributed by atoms with Gasteiger partial charge in [0.05, 0.1) is 12.2 Å². The zero-order valence-corrected chi connectivity index (χ0v) is 8.56. The van der Waals surface area contributed by atoms with E-state index in [1.54, 1.807) is 24.5 Å². The van der Waals surface area contributed by atoms with E-state index >= 15 is 0 Å². The molecule has 0 saturated carbocycles. The van der Waals surface area contributed by atoms with E-state index in [9.17, 15) is 4.79 Å². The number of nitrogens with zero attached hydrogens (tertiary/aromatic N) is 1. The number of rotatable bonds is 4. The van der Waals surface area contributed by atoms with Crippen LogP contribution in [0.5, 0.6) is 0 Å². The average molecular weight is 193 g/mol. The Kier molecular flexibility index (Phi) is 4.11. The Bertz CT molecular complexity index is 285. The summed E-state index contributed by atoms with van der Waals surface area (Å²) in [4.78, 5) is 15.2. The Balaban J connectivity index is 2.44. The fourth-order valence-electron chi connectivity index (χ4n) is 0.907. The van der Waals surface area contributed by atoms with Gasteiger partial charge in [-0.2, -0.15) is 0 Å². The van der Waals surface area contributed by atoms with Gasteiger partial charge in [-0.1, -0.05) is 20.3 Å². The maximum absolute atomic E-state index is 11.4. The summed E-state index contributed by atoms with van der Waals surface area (Å²) in [6.07, 6.45) is 4.18. The van der Waals surface area contributed by atoms with E-state index in [0.29, 0.717) is 18.1 Å². The zero-order chi connectivity index (χ0) is 10.4. The van der Waals surface area contributed by atoms with Crippen LogP contribution in [0.4, 0.5) is 0 Å². The maximum atomic E-state index is 11.4. The summed E-state index contributed by atoms with van der Waals surface area (Å²) in [5.41, 5.74) is 0.559. The van der Waals surface area contributed by atoms with Crippen LogP contribution in [-0.2, 0) is 4.74 Å². The van der Waals surface area contributed by atoms with Gasteiger partial charge in [-0.15, -0.1) is 0 Å². The van der Waals surface area contributed by atoms with E-state index in [4.69, 9.17) is 4.74 Å². The molecule has 3 nitrogen and oxygen atoms in total. The van der Waals surface area contributed by atoms with Crippen molar-refractivity contribution >= 4 is 5.97 Å². The fraction of sp³-hybridized carbons (Fsp3) is 0.455. The molecule has 0 radical (unpaired) electrons. The van der Waals surface area contributed by atoms with Gasteiger partial charge in [0, 0.05) is 12.4 Å². The van der Waals surface area contributed by atoms with Gasteiger partial charge in [0.1, 0.15) is 0 Å².